The fourth-order valence-corrected chi connectivity index (χ4v) is 2.33. The van der Waals surface area contributed by atoms with Crippen LogP contribution in [0.15, 0.2) is 29.2 Å². The highest BCUT2D eigenvalue weighted by Crippen LogP contribution is 2.10. The second-order valence-electron chi connectivity index (χ2n) is 3.98. The first kappa shape index (κ1) is 15.1. The Hall–Kier alpha value is -1.93. The molecule has 0 saturated heterocycles. The summed E-state index contributed by atoms with van der Waals surface area (Å²) in [5.74, 6) is -2.58. The van der Waals surface area contributed by atoms with E-state index >= 15 is 0 Å². The molecule has 0 bridgehead atoms. The van der Waals surface area contributed by atoms with Gasteiger partial charge in [-0.05, 0) is 24.3 Å². The Balaban J connectivity index is 2.83. The van der Waals surface area contributed by atoms with Crippen LogP contribution in [0.5, 0.6) is 0 Å². The predicted molar refractivity (Wildman–Crippen MR) is 66.9 cm³/mol. The van der Waals surface area contributed by atoms with Gasteiger partial charge in [0.25, 0.3) is 0 Å². The van der Waals surface area contributed by atoms with Crippen LogP contribution in [0.3, 0.4) is 0 Å². The number of nitrogens with one attached hydrogen (secondary N) is 1. The number of carbonyl (C=O) groups is 2. The number of carboxylic acids is 1. The van der Waals surface area contributed by atoms with Crippen molar-refractivity contribution < 1.29 is 23.1 Å². The number of carboxylic acid groups (broad SMARTS) is 1. The second kappa shape index (κ2) is 5.81. The molecule has 0 saturated carbocycles. The first-order valence-corrected chi connectivity index (χ1v) is 6.84. The molecule has 1 unspecified atom stereocenters. The fourth-order valence-electron chi connectivity index (χ4n) is 1.20. The van der Waals surface area contributed by atoms with Gasteiger partial charge in [-0.3, -0.25) is 9.59 Å². The molecule has 1 aromatic carbocycles. The molecule has 4 N–H and O–H groups in total. The van der Waals surface area contributed by atoms with E-state index in [0.29, 0.717) is 0 Å². The molecule has 0 aliphatic carbocycles. The van der Waals surface area contributed by atoms with Crippen molar-refractivity contribution in [1.29, 1.82) is 0 Å². The highest BCUT2D eigenvalue weighted by molar-refractivity contribution is 7.89. The van der Waals surface area contributed by atoms with Crippen molar-refractivity contribution in [2.75, 3.05) is 6.54 Å². The number of carbonyl (C=O) groups excluding carboxylic acids is 1. The monoisotopic (exact) mass is 286 g/mol. The molecular weight excluding hydrogens is 272 g/mol. The van der Waals surface area contributed by atoms with E-state index in [-0.39, 0.29) is 17.0 Å². The standard InChI is InChI=1S/C11H14N2O5S/c1-7(11(15)16)6-13-19(17,18)9-4-2-8(3-5-9)10(12)14/h2-5,7,13H,6H2,1H3,(H2,12,14)(H,15,16). The Kier molecular flexibility index (Phi) is 4.62. The number of amides is 1. The number of sulfonamides is 1. The summed E-state index contributed by atoms with van der Waals surface area (Å²) >= 11 is 0. The number of nitrogens with two attached hydrogens (primary N) is 1. The molecule has 7 nitrogen and oxygen atoms in total. The quantitative estimate of drug-likeness (QED) is 0.666. The first-order chi connectivity index (χ1) is 8.74. The van der Waals surface area contributed by atoms with Crippen LogP contribution in [0.4, 0.5) is 0 Å². The SMILES string of the molecule is CC(CNS(=O)(=O)c1ccc(C(N)=O)cc1)C(=O)O. The van der Waals surface area contributed by atoms with Crippen LogP contribution in [-0.4, -0.2) is 31.9 Å². The van der Waals surface area contributed by atoms with Crippen molar-refractivity contribution in [2.24, 2.45) is 11.7 Å². The third-order valence-corrected chi connectivity index (χ3v) is 3.89. The zero-order valence-electron chi connectivity index (χ0n) is 10.2. The molecule has 1 aromatic rings. The van der Waals surface area contributed by atoms with Crippen LogP contribution < -0.4 is 10.5 Å². The van der Waals surface area contributed by atoms with Gasteiger partial charge >= 0.3 is 5.97 Å². The number of benzene rings is 1. The van der Waals surface area contributed by atoms with Crippen molar-refractivity contribution in [3.8, 4) is 0 Å². The number of primary amides is 1. The van der Waals surface area contributed by atoms with Gasteiger partial charge in [-0.2, -0.15) is 0 Å². The Morgan fingerprint density at radius 1 is 1.32 bits per heavy atom. The summed E-state index contributed by atoms with van der Waals surface area (Å²) in [6.07, 6.45) is 0. The topological polar surface area (TPSA) is 127 Å². The van der Waals surface area contributed by atoms with E-state index in [2.05, 4.69) is 4.72 Å². The predicted octanol–water partition coefficient (Wildman–Crippen LogP) is -0.215. The lowest BCUT2D eigenvalue weighted by molar-refractivity contribution is -0.140. The van der Waals surface area contributed by atoms with E-state index < -0.39 is 27.8 Å². The number of rotatable bonds is 6. The Bertz CT molecular complexity index is 580. The maximum atomic E-state index is 11.8. The molecule has 0 fully saturated rings. The van der Waals surface area contributed by atoms with Crippen LogP contribution in [0.25, 0.3) is 0 Å². The number of hydrogen-bond acceptors (Lipinski definition) is 4. The highest BCUT2D eigenvalue weighted by atomic mass is 32.2. The maximum absolute atomic E-state index is 11.8. The normalized spacial score (nSPS) is 12.9. The molecule has 19 heavy (non-hydrogen) atoms. The molecule has 104 valence electrons. The molecule has 8 heteroatoms. The van der Waals surface area contributed by atoms with Crippen LogP contribution in [0.1, 0.15) is 17.3 Å². The van der Waals surface area contributed by atoms with Crippen molar-refractivity contribution in [1.82, 2.24) is 4.72 Å². The van der Waals surface area contributed by atoms with Crippen molar-refractivity contribution in [3.05, 3.63) is 29.8 Å². The molecule has 0 heterocycles. The summed E-state index contributed by atoms with van der Waals surface area (Å²) in [5, 5.41) is 8.66. The van der Waals surface area contributed by atoms with Crippen molar-refractivity contribution in [3.63, 3.8) is 0 Å². The van der Waals surface area contributed by atoms with Gasteiger partial charge in [0.05, 0.1) is 10.8 Å². The smallest absolute Gasteiger partial charge is 0.307 e. The lowest BCUT2D eigenvalue weighted by Gasteiger charge is -2.09. The largest absolute Gasteiger partial charge is 0.481 e. The Morgan fingerprint density at radius 2 is 1.84 bits per heavy atom. The van der Waals surface area contributed by atoms with Crippen molar-refractivity contribution >= 4 is 21.9 Å². The van der Waals surface area contributed by atoms with E-state index in [1.807, 2.05) is 0 Å². The molecule has 1 atom stereocenters. The minimum Gasteiger partial charge on any atom is -0.481 e. The summed E-state index contributed by atoms with van der Waals surface area (Å²) in [6, 6.07) is 5.04. The fraction of sp³-hybridized carbons (Fsp3) is 0.273. The lowest BCUT2D eigenvalue weighted by atomic mass is 10.2. The summed E-state index contributed by atoms with van der Waals surface area (Å²) < 4.78 is 25.8. The zero-order valence-corrected chi connectivity index (χ0v) is 11.0. The Morgan fingerprint density at radius 3 is 2.26 bits per heavy atom. The van der Waals surface area contributed by atoms with Gasteiger partial charge in [0.15, 0.2) is 0 Å². The van der Waals surface area contributed by atoms with E-state index in [1.54, 1.807) is 0 Å². The van der Waals surface area contributed by atoms with Gasteiger partial charge in [0.1, 0.15) is 0 Å². The minimum atomic E-state index is -3.80. The van der Waals surface area contributed by atoms with E-state index in [4.69, 9.17) is 10.8 Å². The third kappa shape index (κ3) is 4.04. The Labute approximate surface area is 110 Å². The summed E-state index contributed by atoms with van der Waals surface area (Å²) in [4.78, 5) is 21.4. The van der Waals surface area contributed by atoms with Gasteiger partial charge < -0.3 is 10.8 Å². The summed E-state index contributed by atoms with van der Waals surface area (Å²) in [6.45, 7) is 1.18. The molecule has 0 aromatic heterocycles. The summed E-state index contributed by atoms with van der Waals surface area (Å²) in [7, 11) is -3.80. The van der Waals surface area contributed by atoms with Crippen LogP contribution >= 0.6 is 0 Å². The van der Waals surface area contributed by atoms with E-state index in [1.165, 1.54) is 31.2 Å². The molecule has 0 radical (unpaired) electrons. The van der Waals surface area contributed by atoms with Gasteiger partial charge in [0, 0.05) is 12.1 Å². The van der Waals surface area contributed by atoms with E-state index in [9.17, 15) is 18.0 Å². The molecule has 1 amide bonds. The molecule has 1 rings (SSSR count). The third-order valence-electron chi connectivity index (χ3n) is 2.45. The molecular formula is C11H14N2O5S. The highest BCUT2D eigenvalue weighted by Gasteiger charge is 2.18. The van der Waals surface area contributed by atoms with Gasteiger partial charge in [0.2, 0.25) is 15.9 Å². The van der Waals surface area contributed by atoms with Gasteiger partial charge in [-0.1, -0.05) is 6.92 Å². The lowest BCUT2D eigenvalue weighted by Crippen LogP contribution is -2.31. The van der Waals surface area contributed by atoms with Gasteiger partial charge in [-0.25, -0.2) is 13.1 Å². The molecule has 0 aliphatic heterocycles. The minimum absolute atomic E-state index is 0.0601. The zero-order chi connectivity index (χ0) is 14.6. The molecule has 0 aliphatic rings. The number of aliphatic carboxylic acids is 1. The average Bonchev–Trinajstić information content (AvgIpc) is 2.36. The first-order valence-electron chi connectivity index (χ1n) is 5.36. The van der Waals surface area contributed by atoms with Crippen LogP contribution in [0, 0.1) is 5.92 Å². The molecule has 0 spiro atoms. The number of hydrogen-bond donors (Lipinski definition) is 3. The second-order valence-corrected chi connectivity index (χ2v) is 5.75. The maximum Gasteiger partial charge on any atom is 0.307 e. The average molecular weight is 286 g/mol. The summed E-state index contributed by atoms with van der Waals surface area (Å²) in [5.41, 5.74) is 5.23. The van der Waals surface area contributed by atoms with E-state index in [0.717, 1.165) is 0 Å². The van der Waals surface area contributed by atoms with Crippen LogP contribution in [-0.2, 0) is 14.8 Å². The van der Waals surface area contributed by atoms with Gasteiger partial charge in [-0.15, -0.1) is 0 Å². The van der Waals surface area contributed by atoms with Crippen molar-refractivity contribution in [2.45, 2.75) is 11.8 Å². The van der Waals surface area contributed by atoms with Crippen LogP contribution in [0.2, 0.25) is 0 Å².